The van der Waals surface area contributed by atoms with E-state index in [0.717, 1.165) is 18.7 Å². The van der Waals surface area contributed by atoms with Crippen LogP contribution < -0.4 is 5.73 Å². The number of morpholine rings is 1. The number of nitrogens with zero attached hydrogens (tertiary/aromatic N) is 2. The van der Waals surface area contributed by atoms with Crippen LogP contribution in [0, 0.1) is 0 Å². The molecule has 104 valence electrons. The smallest absolute Gasteiger partial charge is 0.156 e. The maximum Gasteiger partial charge on any atom is 0.156 e. The summed E-state index contributed by atoms with van der Waals surface area (Å²) < 4.78 is 5.33. The molecule has 5 heteroatoms. The minimum Gasteiger partial charge on any atom is -0.384 e. The zero-order valence-electron chi connectivity index (χ0n) is 11.6. The number of ketones is 1. The Kier molecular flexibility index (Phi) is 4.17. The molecule has 1 aromatic heterocycles. The highest BCUT2D eigenvalue weighted by Crippen LogP contribution is 2.20. The molecule has 2 N–H and O–H groups in total. The lowest BCUT2D eigenvalue weighted by molar-refractivity contribution is -0.131. The molecule has 19 heavy (non-hydrogen) atoms. The maximum absolute atomic E-state index is 12.5. The molecule has 2 rings (SSSR count). The fourth-order valence-electron chi connectivity index (χ4n) is 2.30. The van der Waals surface area contributed by atoms with Crippen LogP contribution in [0.5, 0.6) is 0 Å². The summed E-state index contributed by atoms with van der Waals surface area (Å²) in [6, 6.07) is 3.59. The lowest BCUT2D eigenvalue weighted by Crippen LogP contribution is -2.54. The van der Waals surface area contributed by atoms with Crippen LogP contribution in [0.4, 0.5) is 5.82 Å². The van der Waals surface area contributed by atoms with Gasteiger partial charge in [-0.2, -0.15) is 0 Å². The van der Waals surface area contributed by atoms with Crippen molar-refractivity contribution in [3.05, 3.63) is 23.9 Å². The van der Waals surface area contributed by atoms with Gasteiger partial charge in [0.25, 0.3) is 0 Å². The molecule has 1 aliphatic rings. The van der Waals surface area contributed by atoms with Crippen molar-refractivity contribution in [3.8, 4) is 0 Å². The average molecular weight is 263 g/mol. The second-order valence-corrected chi connectivity index (χ2v) is 5.35. The monoisotopic (exact) mass is 263 g/mol. The van der Waals surface area contributed by atoms with Gasteiger partial charge in [-0.05, 0) is 31.5 Å². The Morgan fingerprint density at radius 1 is 1.47 bits per heavy atom. The van der Waals surface area contributed by atoms with Crippen molar-refractivity contribution in [2.45, 2.75) is 25.8 Å². The second kappa shape index (κ2) is 5.67. The minimum absolute atomic E-state index is 0.194. The average Bonchev–Trinajstić information content (AvgIpc) is 2.39. The number of anilines is 1. The number of hydrogen-bond acceptors (Lipinski definition) is 5. The summed E-state index contributed by atoms with van der Waals surface area (Å²) >= 11 is 0. The first kappa shape index (κ1) is 14.0. The molecule has 0 spiro atoms. The van der Waals surface area contributed by atoms with E-state index >= 15 is 0 Å². The van der Waals surface area contributed by atoms with Crippen molar-refractivity contribution in [2.24, 2.45) is 0 Å². The molecule has 1 fully saturated rings. The Morgan fingerprint density at radius 2 is 2.16 bits per heavy atom. The van der Waals surface area contributed by atoms with Gasteiger partial charge in [-0.1, -0.05) is 0 Å². The van der Waals surface area contributed by atoms with Gasteiger partial charge in [0.1, 0.15) is 5.82 Å². The quantitative estimate of drug-likeness (QED) is 0.873. The molecule has 0 amide bonds. The van der Waals surface area contributed by atoms with Gasteiger partial charge < -0.3 is 10.5 Å². The van der Waals surface area contributed by atoms with E-state index in [9.17, 15) is 4.79 Å². The molecule has 0 radical (unpaired) electrons. The molecular weight excluding hydrogens is 242 g/mol. The number of hydrogen-bond donors (Lipinski definition) is 1. The summed E-state index contributed by atoms with van der Waals surface area (Å²) in [4.78, 5) is 18.6. The van der Waals surface area contributed by atoms with Gasteiger partial charge in [0.05, 0.1) is 18.8 Å². The van der Waals surface area contributed by atoms with E-state index in [1.54, 1.807) is 12.3 Å². The first-order chi connectivity index (χ1) is 9.00. The van der Waals surface area contributed by atoms with E-state index in [1.165, 1.54) is 0 Å². The van der Waals surface area contributed by atoms with Crippen molar-refractivity contribution in [2.75, 3.05) is 32.0 Å². The molecule has 0 aromatic carbocycles. The Bertz CT molecular complexity index is 454. The standard InChI is InChI=1S/C14H21N3O2/c1-14(2,17-5-7-19-8-6-17)12(18)9-11-3-4-16-13(15)10-11/h3-4,10H,5-9H2,1-2H3,(H2,15,16). The van der Waals surface area contributed by atoms with Crippen LogP contribution >= 0.6 is 0 Å². The van der Waals surface area contributed by atoms with Gasteiger partial charge in [-0.25, -0.2) is 4.98 Å². The highest BCUT2D eigenvalue weighted by atomic mass is 16.5. The van der Waals surface area contributed by atoms with Crippen LogP contribution in [0.25, 0.3) is 0 Å². The fourth-order valence-corrected chi connectivity index (χ4v) is 2.30. The van der Waals surface area contributed by atoms with Crippen LogP contribution in [0.15, 0.2) is 18.3 Å². The normalized spacial score (nSPS) is 17.4. The SMILES string of the molecule is CC(C)(C(=O)Cc1ccnc(N)c1)N1CCOCC1. The Hall–Kier alpha value is -1.46. The van der Waals surface area contributed by atoms with Crippen LogP contribution in [-0.4, -0.2) is 47.5 Å². The third-order valence-corrected chi connectivity index (χ3v) is 3.69. The number of pyridine rings is 1. The van der Waals surface area contributed by atoms with Gasteiger partial charge >= 0.3 is 0 Å². The summed E-state index contributed by atoms with van der Waals surface area (Å²) in [5.74, 6) is 0.648. The molecule has 0 saturated carbocycles. The number of nitrogens with two attached hydrogens (primary N) is 1. The summed E-state index contributed by atoms with van der Waals surface area (Å²) in [5, 5.41) is 0. The molecule has 1 aliphatic heterocycles. The number of carbonyl (C=O) groups excluding carboxylic acids is 1. The number of nitrogen functional groups attached to an aromatic ring is 1. The predicted octanol–water partition coefficient (Wildman–Crippen LogP) is 0.886. The Labute approximate surface area is 113 Å². The molecular formula is C14H21N3O2. The maximum atomic E-state index is 12.5. The third-order valence-electron chi connectivity index (χ3n) is 3.69. The number of rotatable bonds is 4. The molecule has 0 unspecified atom stereocenters. The molecule has 0 aliphatic carbocycles. The Balaban J connectivity index is 2.05. The first-order valence-corrected chi connectivity index (χ1v) is 6.56. The molecule has 2 heterocycles. The summed E-state index contributed by atoms with van der Waals surface area (Å²) in [5.41, 5.74) is 6.08. The molecule has 1 saturated heterocycles. The Morgan fingerprint density at radius 3 is 2.79 bits per heavy atom. The van der Waals surface area contributed by atoms with Crippen molar-refractivity contribution in [1.29, 1.82) is 0 Å². The summed E-state index contributed by atoms with van der Waals surface area (Å²) in [6.07, 6.45) is 2.02. The third kappa shape index (κ3) is 3.30. The van der Waals surface area contributed by atoms with Crippen molar-refractivity contribution >= 4 is 11.6 Å². The largest absolute Gasteiger partial charge is 0.384 e. The summed E-state index contributed by atoms with van der Waals surface area (Å²) in [7, 11) is 0. The highest BCUT2D eigenvalue weighted by Gasteiger charge is 2.34. The van der Waals surface area contributed by atoms with E-state index in [1.807, 2.05) is 19.9 Å². The minimum atomic E-state index is -0.470. The van der Waals surface area contributed by atoms with E-state index in [2.05, 4.69) is 9.88 Å². The van der Waals surface area contributed by atoms with Gasteiger partial charge in [-0.15, -0.1) is 0 Å². The second-order valence-electron chi connectivity index (χ2n) is 5.35. The molecule has 0 atom stereocenters. The van der Waals surface area contributed by atoms with Gasteiger partial charge in [-0.3, -0.25) is 9.69 Å². The summed E-state index contributed by atoms with van der Waals surface area (Å²) in [6.45, 7) is 6.95. The number of aromatic nitrogens is 1. The molecule has 1 aromatic rings. The first-order valence-electron chi connectivity index (χ1n) is 6.56. The van der Waals surface area contributed by atoms with E-state index in [0.29, 0.717) is 25.5 Å². The lowest BCUT2D eigenvalue weighted by Gasteiger charge is -2.39. The van der Waals surface area contributed by atoms with E-state index < -0.39 is 5.54 Å². The number of ether oxygens (including phenoxy) is 1. The topological polar surface area (TPSA) is 68.5 Å². The highest BCUT2D eigenvalue weighted by molar-refractivity contribution is 5.89. The van der Waals surface area contributed by atoms with Gasteiger partial charge in [0.15, 0.2) is 5.78 Å². The lowest BCUT2D eigenvalue weighted by atomic mass is 9.91. The van der Waals surface area contributed by atoms with Crippen molar-refractivity contribution in [1.82, 2.24) is 9.88 Å². The van der Waals surface area contributed by atoms with Gasteiger partial charge in [0, 0.05) is 25.7 Å². The molecule has 5 nitrogen and oxygen atoms in total. The fraction of sp³-hybridized carbons (Fsp3) is 0.571. The molecule has 0 bridgehead atoms. The van der Waals surface area contributed by atoms with Gasteiger partial charge in [0.2, 0.25) is 0 Å². The number of Topliss-reactive ketones (excluding diaryl/α,β-unsaturated/α-hetero) is 1. The number of carbonyl (C=O) groups is 1. The van der Waals surface area contributed by atoms with E-state index in [4.69, 9.17) is 10.5 Å². The van der Waals surface area contributed by atoms with Crippen LogP contribution in [0.3, 0.4) is 0 Å². The zero-order valence-corrected chi connectivity index (χ0v) is 11.6. The zero-order chi connectivity index (χ0) is 13.9. The van der Waals surface area contributed by atoms with Crippen LogP contribution in [0.2, 0.25) is 0 Å². The predicted molar refractivity (Wildman–Crippen MR) is 73.8 cm³/mol. The van der Waals surface area contributed by atoms with Crippen LogP contribution in [-0.2, 0) is 16.0 Å². The van der Waals surface area contributed by atoms with Crippen molar-refractivity contribution in [3.63, 3.8) is 0 Å². The van der Waals surface area contributed by atoms with Crippen LogP contribution in [0.1, 0.15) is 19.4 Å². The van der Waals surface area contributed by atoms with E-state index in [-0.39, 0.29) is 5.78 Å². The van der Waals surface area contributed by atoms with Crippen molar-refractivity contribution < 1.29 is 9.53 Å².